The van der Waals surface area contributed by atoms with E-state index in [0.29, 0.717) is 10.7 Å². The van der Waals surface area contributed by atoms with Gasteiger partial charge in [0.1, 0.15) is 0 Å². The summed E-state index contributed by atoms with van der Waals surface area (Å²) in [7, 11) is 1.53. The Balaban J connectivity index is 2.57. The van der Waals surface area contributed by atoms with Crippen LogP contribution in [0.3, 0.4) is 0 Å². The zero-order valence-electron chi connectivity index (χ0n) is 9.22. The number of oxime groups is 1. The van der Waals surface area contributed by atoms with Gasteiger partial charge in [-0.15, -0.1) is 0 Å². The fourth-order valence-electron chi connectivity index (χ4n) is 1.10. The largest absolute Gasteiger partial charge is 0.409 e. The average Bonchev–Trinajstić information content (AvgIpc) is 2.31. The fourth-order valence-corrected chi connectivity index (χ4v) is 1.22. The minimum Gasteiger partial charge on any atom is -0.409 e. The van der Waals surface area contributed by atoms with Crippen LogP contribution >= 0.6 is 11.6 Å². The summed E-state index contributed by atoms with van der Waals surface area (Å²) in [6, 6.07) is 6.33. The number of amides is 2. The summed E-state index contributed by atoms with van der Waals surface area (Å²) in [6.07, 6.45) is 0. The number of rotatable bonds is 3. The van der Waals surface area contributed by atoms with Gasteiger partial charge in [-0.3, -0.25) is 0 Å². The first-order valence-corrected chi connectivity index (χ1v) is 5.15. The molecule has 0 atom stereocenters. The lowest BCUT2D eigenvalue weighted by atomic mass is 10.3. The number of nitrogens with two attached hydrogens (primary N) is 1. The molecule has 7 heteroatoms. The molecule has 0 aliphatic carbocycles. The molecule has 2 amide bonds. The molecule has 0 aliphatic heterocycles. The molecule has 6 nitrogen and oxygen atoms in total. The second-order valence-corrected chi connectivity index (χ2v) is 3.82. The number of carbonyl (C=O) groups is 1. The van der Waals surface area contributed by atoms with Crippen molar-refractivity contribution in [1.29, 1.82) is 0 Å². The van der Waals surface area contributed by atoms with Crippen LogP contribution in [0.2, 0.25) is 5.02 Å². The third-order valence-corrected chi connectivity index (χ3v) is 2.22. The molecule has 0 unspecified atom stereocenters. The third-order valence-electron chi connectivity index (χ3n) is 1.97. The first kappa shape index (κ1) is 13.1. The Bertz CT molecular complexity index is 419. The van der Waals surface area contributed by atoms with Crippen LogP contribution in [0.15, 0.2) is 29.4 Å². The predicted molar refractivity (Wildman–Crippen MR) is 66.5 cm³/mol. The zero-order valence-corrected chi connectivity index (χ0v) is 9.98. The number of urea groups is 1. The molecule has 92 valence electrons. The summed E-state index contributed by atoms with van der Waals surface area (Å²) in [4.78, 5) is 12.9. The zero-order chi connectivity index (χ0) is 12.8. The van der Waals surface area contributed by atoms with Crippen molar-refractivity contribution in [3.8, 4) is 0 Å². The first-order valence-electron chi connectivity index (χ1n) is 4.77. The Kier molecular flexibility index (Phi) is 4.59. The highest BCUT2D eigenvalue weighted by atomic mass is 35.5. The number of hydrogen-bond acceptors (Lipinski definition) is 3. The molecule has 0 bridgehead atoms. The highest BCUT2D eigenvalue weighted by Gasteiger charge is 2.10. The quantitative estimate of drug-likeness (QED) is 0.332. The van der Waals surface area contributed by atoms with Gasteiger partial charge < -0.3 is 21.2 Å². The lowest BCUT2D eigenvalue weighted by Crippen LogP contribution is -2.38. The van der Waals surface area contributed by atoms with Crippen LogP contribution in [0.5, 0.6) is 0 Å². The van der Waals surface area contributed by atoms with E-state index in [1.807, 2.05) is 0 Å². The number of benzene rings is 1. The van der Waals surface area contributed by atoms with Crippen LogP contribution in [-0.2, 0) is 0 Å². The van der Waals surface area contributed by atoms with Crippen molar-refractivity contribution in [3.63, 3.8) is 0 Å². The monoisotopic (exact) mass is 256 g/mol. The standard InChI is InChI=1S/C10H13ClN4O2/c1-15(6-9(12)14-17)10(16)13-8-4-2-7(11)3-5-8/h2-5,17H,6H2,1H3,(H2,12,14)(H,13,16). The highest BCUT2D eigenvalue weighted by molar-refractivity contribution is 6.30. The van der Waals surface area contributed by atoms with Crippen LogP contribution < -0.4 is 11.1 Å². The molecule has 0 saturated carbocycles. The maximum absolute atomic E-state index is 11.6. The molecule has 17 heavy (non-hydrogen) atoms. The Labute approximate surface area is 104 Å². The number of carbonyl (C=O) groups excluding carboxylic acids is 1. The molecule has 4 N–H and O–H groups in total. The fraction of sp³-hybridized carbons (Fsp3) is 0.200. The van der Waals surface area contributed by atoms with E-state index in [1.165, 1.54) is 11.9 Å². The second kappa shape index (κ2) is 5.95. The van der Waals surface area contributed by atoms with Crippen molar-refractivity contribution < 1.29 is 10.0 Å². The van der Waals surface area contributed by atoms with Gasteiger partial charge in [-0.05, 0) is 24.3 Å². The lowest BCUT2D eigenvalue weighted by Gasteiger charge is -2.16. The van der Waals surface area contributed by atoms with Crippen molar-refractivity contribution in [3.05, 3.63) is 29.3 Å². The van der Waals surface area contributed by atoms with Crippen molar-refractivity contribution >= 4 is 29.2 Å². The maximum Gasteiger partial charge on any atom is 0.321 e. The summed E-state index contributed by atoms with van der Waals surface area (Å²) < 4.78 is 0. The number of nitrogens with one attached hydrogen (secondary N) is 1. The molecular formula is C10H13ClN4O2. The number of amidine groups is 1. The summed E-state index contributed by atoms with van der Waals surface area (Å²) in [5.74, 6) is -0.0428. The average molecular weight is 257 g/mol. The van der Waals surface area contributed by atoms with Gasteiger partial charge in [-0.25, -0.2) is 4.79 Å². The van der Waals surface area contributed by atoms with Gasteiger partial charge in [-0.1, -0.05) is 16.8 Å². The first-order chi connectivity index (χ1) is 8.02. The van der Waals surface area contributed by atoms with Crippen molar-refractivity contribution in [2.75, 3.05) is 18.9 Å². The Hall–Kier alpha value is -1.95. The van der Waals surface area contributed by atoms with Crippen molar-refractivity contribution in [1.82, 2.24) is 4.90 Å². The van der Waals surface area contributed by atoms with Gasteiger partial charge in [0.05, 0.1) is 6.54 Å². The number of hydrogen-bond donors (Lipinski definition) is 3. The predicted octanol–water partition coefficient (Wildman–Crippen LogP) is 1.55. The minimum absolute atomic E-state index is 0.0376. The molecule has 0 heterocycles. The number of nitrogens with zero attached hydrogens (tertiary/aromatic N) is 2. The molecule has 0 aromatic heterocycles. The summed E-state index contributed by atoms with van der Waals surface area (Å²) >= 11 is 5.72. The van der Waals surface area contributed by atoms with Gasteiger partial charge in [0.15, 0.2) is 5.84 Å². The van der Waals surface area contributed by atoms with Gasteiger partial charge in [0.2, 0.25) is 0 Å². The highest BCUT2D eigenvalue weighted by Crippen LogP contribution is 2.13. The molecule has 0 fully saturated rings. The number of anilines is 1. The molecule has 0 radical (unpaired) electrons. The topological polar surface area (TPSA) is 90.9 Å². The van der Waals surface area contributed by atoms with Crippen molar-refractivity contribution in [2.45, 2.75) is 0 Å². The normalized spacial score (nSPS) is 11.1. The maximum atomic E-state index is 11.6. The van der Waals surface area contributed by atoms with E-state index in [0.717, 1.165) is 0 Å². The van der Waals surface area contributed by atoms with Crippen LogP contribution in [0.4, 0.5) is 10.5 Å². The van der Waals surface area contributed by atoms with E-state index in [-0.39, 0.29) is 18.4 Å². The van der Waals surface area contributed by atoms with Crippen LogP contribution in [0.1, 0.15) is 0 Å². The van der Waals surface area contributed by atoms with E-state index in [4.69, 9.17) is 22.5 Å². The molecule has 0 saturated heterocycles. The Morgan fingerprint density at radius 2 is 2.12 bits per heavy atom. The van der Waals surface area contributed by atoms with E-state index in [2.05, 4.69) is 10.5 Å². The molecule has 1 aromatic rings. The summed E-state index contributed by atoms with van der Waals surface area (Å²) in [5, 5.41) is 14.4. The summed E-state index contributed by atoms with van der Waals surface area (Å²) in [5.41, 5.74) is 5.90. The van der Waals surface area contributed by atoms with E-state index in [1.54, 1.807) is 24.3 Å². The lowest BCUT2D eigenvalue weighted by molar-refractivity contribution is 0.227. The van der Waals surface area contributed by atoms with E-state index >= 15 is 0 Å². The molecule has 1 rings (SSSR count). The number of halogens is 1. The van der Waals surface area contributed by atoms with E-state index in [9.17, 15) is 4.79 Å². The second-order valence-electron chi connectivity index (χ2n) is 3.38. The third kappa shape index (κ3) is 4.20. The minimum atomic E-state index is -0.362. The molecular weight excluding hydrogens is 244 g/mol. The molecule has 0 aliphatic rings. The van der Waals surface area contributed by atoms with Gasteiger partial charge in [0.25, 0.3) is 0 Å². The SMILES string of the molecule is CN(CC(N)=NO)C(=O)Nc1ccc(Cl)cc1. The Morgan fingerprint density at radius 3 is 2.65 bits per heavy atom. The van der Waals surface area contributed by atoms with Crippen molar-refractivity contribution in [2.24, 2.45) is 10.9 Å². The van der Waals surface area contributed by atoms with Crippen LogP contribution in [0.25, 0.3) is 0 Å². The van der Waals surface area contributed by atoms with Gasteiger partial charge >= 0.3 is 6.03 Å². The van der Waals surface area contributed by atoms with E-state index < -0.39 is 0 Å². The van der Waals surface area contributed by atoms with Gasteiger partial charge in [-0.2, -0.15) is 0 Å². The van der Waals surface area contributed by atoms with Gasteiger partial charge in [0, 0.05) is 17.8 Å². The Morgan fingerprint density at radius 1 is 1.53 bits per heavy atom. The number of likely N-dealkylation sites (N-methyl/N-ethyl adjacent to an activating group) is 1. The summed E-state index contributed by atoms with van der Waals surface area (Å²) in [6.45, 7) is 0.0376. The van der Waals surface area contributed by atoms with Crippen LogP contribution in [-0.4, -0.2) is 35.6 Å². The smallest absolute Gasteiger partial charge is 0.321 e. The van der Waals surface area contributed by atoms with Crippen LogP contribution in [0, 0.1) is 0 Å². The molecule has 1 aromatic carbocycles. The molecule has 0 spiro atoms.